The Balaban J connectivity index is 1.43. The molecular weight excluding hydrogens is 358 g/mol. The first kappa shape index (κ1) is 18.1. The highest BCUT2D eigenvalue weighted by atomic mass is 32.2. The SMILES string of the molecule is O=C(c1ccsc1)N1CCN(CCNS(=O)(=O)c2ccccc2)CC1. The van der Waals surface area contributed by atoms with Crippen molar-refractivity contribution in [2.45, 2.75) is 4.90 Å². The topological polar surface area (TPSA) is 69.7 Å². The van der Waals surface area contributed by atoms with Gasteiger partial charge in [-0.05, 0) is 23.6 Å². The number of nitrogens with zero attached hydrogens (tertiary/aromatic N) is 2. The summed E-state index contributed by atoms with van der Waals surface area (Å²) >= 11 is 1.52. The highest BCUT2D eigenvalue weighted by Crippen LogP contribution is 2.12. The first-order chi connectivity index (χ1) is 12.1. The third-order valence-corrected chi connectivity index (χ3v) is 6.36. The van der Waals surface area contributed by atoms with Crippen LogP contribution in [0.1, 0.15) is 10.4 Å². The number of carbonyl (C=O) groups is 1. The fourth-order valence-corrected chi connectivity index (χ4v) is 4.44. The zero-order valence-corrected chi connectivity index (χ0v) is 15.4. The lowest BCUT2D eigenvalue weighted by Crippen LogP contribution is -2.50. The van der Waals surface area contributed by atoms with Crippen molar-refractivity contribution < 1.29 is 13.2 Å². The van der Waals surface area contributed by atoms with Crippen molar-refractivity contribution in [3.05, 3.63) is 52.7 Å². The summed E-state index contributed by atoms with van der Waals surface area (Å²) in [4.78, 5) is 16.6. The van der Waals surface area contributed by atoms with Crippen molar-refractivity contribution in [3.8, 4) is 0 Å². The molecule has 1 fully saturated rings. The average Bonchev–Trinajstić information content (AvgIpc) is 3.17. The molecule has 1 aliphatic heterocycles. The van der Waals surface area contributed by atoms with Gasteiger partial charge in [0.05, 0.1) is 10.5 Å². The number of rotatable bonds is 6. The van der Waals surface area contributed by atoms with E-state index < -0.39 is 10.0 Å². The fraction of sp³-hybridized carbons (Fsp3) is 0.353. The molecule has 1 saturated heterocycles. The van der Waals surface area contributed by atoms with Gasteiger partial charge in [0.15, 0.2) is 0 Å². The Morgan fingerprint density at radius 1 is 1.08 bits per heavy atom. The second-order valence-electron chi connectivity index (χ2n) is 5.86. The van der Waals surface area contributed by atoms with E-state index in [2.05, 4.69) is 9.62 Å². The zero-order valence-electron chi connectivity index (χ0n) is 13.8. The van der Waals surface area contributed by atoms with Gasteiger partial charge in [-0.15, -0.1) is 0 Å². The molecule has 6 nitrogen and oxygen atoms in total. The summed E-state index contributed by atoms with van der Waals surface area (Å²) < 4.78 is 27.0. The van der Waals surface area contributed by atoms with Crippen molar-refractivity contribution in [2.75, 3.05) is 39.3 Å². The van der Waals surface area contributed by atoms with Crippen LogP contribution in [0, 0.1) is 0 Å². The van der Waals surface area contributed by atoms with Gasteiger partial charge in [-0.3, -0.25) is 9.69 Å². The predicted molar refractivity (Wildman–Crippen MR) is 98.3 cm³/mol. The molecule has 0 saturated carbocycles. The van der Waals surface area contributed by atoms with Crippen LogP contribution in [-0.2, 0) is 10.0 Å². The molecular formula is C17H21N3O3S2. The lowest BCUT2D eigenvalue weighted by Gasteiger charge is -2.34. The summed E-state index contributed by atoms with van der Waals surface area (Å²) in [6.07, 6.45) is 0. The number of hydrogen-bond acceptors (Lipinski definition) is 5. The zero-order chi connectivity index (χ0) is 17.7. The molecule has 0 radical (unpaired) electrons. The monoisotopic (exact) mass is 379 g/mol. The van der Waals surface area contributed by atoms with E-state index in [1.807, 2.05) is 21.7 Å². The van der Waals surface area contributed by atoms with Crippen LogP contribution in [-0.4, -0.2) is 63.4 Å². The minimum Gasteiger partial charge on any atom is -0.336 e. The molecule has 1 aromatic carbocycles. The van der Waals surface area contributed by atoms with Gasteiger partial charge in [0.1, 0.15) is 0 Å². The van der Waals surface area contributed by atoms with Gasteiger partial charge in [0.25, 0.3) is 5.91 Å². The van der Waals surface area contributed by atoms with Crippen LogP contribution in [0.3, 0.4) is 0 Å². The Bertz CT molecular complexity index is 784. The number of piperazine rings is 1. The maximum atomic E-state index is 12.3. The molecule has 0 unspecified atom stereocenters. The van der Waals surface area contributed by atoms with E-state index in [1.54, 1.807) is 30.3 Å². The predicted octanol–water partition coefficient (Wildman–Crippen LogP) is 1.48. The summed E-state index contributed by atoms with van der Waals surface area (Å²) in [7, 11) is -3.45. The molecule has 2 aromatic rings. The largest absolute Gasteiger partial charge is 0.336 e. The maximum Gasteiger partial charge on any atom is 0.254 e. The lowest BCUT2D eigenvalue weighted by atomic mass is 10.2. The summed E-state index contributed by atoms with van der Waals surface area (Å²) in [5.41, 5.74) is 0.745. The Morgan fingerprint density at radius 2 is 1.80 bits per heavy atom. The van der Waals surface area contributed by atoms with E-state index in [-0.39, 0.29) is 10.8 Å². The van der Waals surface area contributed by atoms with Gasteiger partial charge in [-0.1, -0.05) is 18.2 Å². The van der Waals surface area contributed by atoms with Crippen LogP contribution >= 0.6 is 11.3 Å². The minimum atomic E-state index is -3.45. The summed E-state index contributed by atoms with van der Waals surface area (Å²) in [6, 6.07) is 10.2. The van der Waals surface area contributed by atoms with Crippen LogP contribution in [0.15, 0.2) is 52.1 Å². The van der Waals surface area contributed by atoms with Crippen molar-refractivity contribution in [3.63, 3.8) is 0 Å². The second kappa shape index (κ2) is 8.09. The van der Waals surface area contributed by atoms with Gasteiger partial charge in [-0.25, -0.2) is 13.1 Å². The first-order valence-corrected chi connectivity index (χ1v) is 10.6. The third kappa shape index (κ3) is 4.66. The van der Waals surface area contributed by atoms with Crippen LogP contribution in [0.25, 0.3) is 0 Å². The number of hydrogen-bond donors (Lipinski definition) is 1. The third-order valence-electron chi connectivity index (χ3n) is 4.20. The van der Waals surface area contributed by atoms with E-state index in [1.165, 1.54) is 11.3 Å². The number of nitrogens with one attached hydrogen (secondary N) is 1. The van der Waals surface area contributed by atoms with Crippen molar-refractivity contribution in [1.82, 2.24) is 14.5 Å². The quantitative estimate of drug-likeness (QED) is 0.826. The first-order valence-electron chi connectivity index (χ1n) is 8.15. The highest BCUT2D eigenvalue weighted by molar-refractivity contribution is 7.89. The van der Waals surface area contributed by atoms with Crippen LogP contribution < -0.4 is 4.72 Å². The Kier molecular flexibility index (Phi) is 5.85. The Morgan fingerprint density at radius 3 is 2.44 bits per heavy atom. The molecule has 1 N–H and O–H groups in total. The standard InChI is InChI=1S/C17H21N3O3S2/c21-17(15-6-13-24-14-15)20-11-9-19(10-12-20)8-7-18-25(22,23)16-4-2-1-3-5-16/h1-6,13-14,18H,7-12H2. The molecule has 2 heterocycles. The van der Waals surface area contributed by atoms with E-state index in [0.29, 0.717) is 26.2 Å². The number of sulfonamides is 1. The number of benzene rings is 1. The van der Waals surface area contributed by atoms with Crippen molar-refractivity contribution in [2.24, 2.45) is 0 Å². The van der Waals surface area contributed by atoms with Crippen molar-refractivity contribution in [1.29, 1.82) is 0 Å². The van der Waals surface area contributed by atoms with Gasteiger partial charge < -0.3 is 4.90 Å². The summed E-state index contributed by atoms with van der Waals surface area (Å²) in [6.45, 7) is 3.83. The van der Waals surface area contributed by atoms with Gasteiger partial charge in [0, 0.05) is 44.6 Å². The molecule has 134 valence electrons. The number of amides is 1. The normalized spacial score (nSPS) is 16.1. The van der Waals surface area contributed by atoms with Gasteiger partial charge >= 0.3 is 0 Å². The smallest absolute Gasteiger partial charge is 0.254 e. The Hall–Kier alpha value is -1.74. The Labute approximate surface area is 152 Å². The molecule has 0 aliphatic carbocycles. The fourth-order valence-electron chi connectivity index (χ4n) is 2.76. The van der Waals surface area contributed by atoms with Crippen molar-refractivity contribution >= 4 is 27.3 Å². The van der Waals surface area contributed by atoms with E-state index in [0.717, 1.165) is 18.7 Å². The summed E-state index contributed by atoms with van der Waals surface area (Å²) in [5, 5.41) is 3.77. The molecule has 1 aliphatic rings. The van der Waals surface area contributed by atoms with Crippen LogP contribution in [0.4, 0.5) is 0 Å². The highest BCUT2D eigenvalue weighted by Gasteiger charge is 2.22. The second-order valence-corrected chi connectivity index (χ2v) is 8.40. The molecule has 3 rings (SSSR count). The summed E-state index contributed by atoms with van der Waals surface area (Å²) in [5.74, 6) is 0.0747. The molecule has 0 bridgehead atoms. The molecule has 0 atom stereocenters. The average molecular weight is 380 g/mol. The lowest BCUT2D eigenvalue weighted by molar-refractivity contribution is 0.0640. The number of thiophene rings is 1. The molecule has 0 spiro atoms. The minimum absolute atomic E-state index is 0.0747. The van der Waals surface area contributed by atoms with Crippen LogP contribution in [0.2, 0.25) is 0 Å². The van der Waals surface area contributed by atoms with E-state index >= 15 is 0 Å². The van der Waals surface area contributed by atoms with E-state index in [4.69, 9.17) is 0 Å². The molecule has 1 aromatic heterocycles. The van der Waals surface area contributed by atoms with E-state index in [9.17, 15) is 13.2 Å². The number of carbonyl (C=O) groups excluding carboxylic acids is 1. The van der Waals surface area contributed by atoms with Gasteiger partial charge in [0.2, 0.25) is 10.0 Å². The maximum absolute atomic E-state index is 12.3. The molecule has 8 heteroatoms. The van der Waals surface area contributed by atoms with Crippen LogP contribution in [0.5, 0.6) is 0 Å². The van der Waals surface area contributed by atoms with Gasteiger partial charge in [-0.2, -0.15) is 11.3 Å². The molecule has 25 heavy (non-hydrogen) atoms. The molecule has 1 amide bonds.